The van der Waals surface area contributed by atoms with Crippen LogP contribution in [0.4, 0.5) is 0 Å². The van der Waals surface area contributed by atoms with E-state index in [-0.39, 0.29) is 51.1 Å². The molecule has 25 heavy (non-hydrogen) atoms. The van der Waals surface area contributed by atoms with Gasteiger partial charge in [-0.2, -0.15) is 0 Å². The van der Waals surface area contributed by atoms with E-state index < -0.39 is 0 Å². The van der Waals surface area contributed by atoms with Crippen LogP contribution >= 0.6 is 0 Å². The molecule has 0 bridgehead atoms. The van der Waals surface area contributed by atoms with E-state index in [2.05, 4.69) is 0 Å². The summed E-state index contributed by atoms with van der Waals surface area (Å²) in [6.45, 7) is 3.39. The van der Waals surface area contributed by atoms with Crippen LogP contribution in [0.25, 0.3) is 0 Å². The quantitative estimate of drug-likeness (QED) is 0.424. The molecule has 140 valence electrons. The molecule has 0 saturated heterocycles. The van der Waals surface area contributed by atoms with E-state index in [0.29, 0.717) is 25.5 Å². The Balaban J connectivity index is 2.41. The minimum atomic E-state index is -0.336. The van der Waals surface area contributed by atoms with Crippen molar-refractivity contribution in [3.05, 3.63) is 30.3 Å². The van der Waals surface area contributed by atoms with E-state index in [1.54, 1.807) is 11.8 Å². The molecule has 1 N–H and O–H groups in total. The summed E-state index contributed by atoms with van der Waals surface area (Å²) >= 11 is 0. The monoisotopic (exact) mass is 353 g/mol. The average Bonchev–Trinajstić information content (AvgIpc) is 2.62. The van der Waals surface area contributed by atoms with E-state index in [0.717, 1.165) is 0 Å². The van der Waals surface area contributed by atoms with E-state index in [9.17, 15) is 9.59 Å². The Morgan fingerprint density at radius 1 is 1.04 bits per heavy atom. The first kappa shape index (κ1) is 20.9. The molecule has 1 amide bonds. The van der Waals surface area contributed by atoms with Crippen molar-refractivity contribution < 1.29 is 28.9 Å². The summed E-state index contributed by atoms with van der Waals surface area (Å²) in [5, 5.41) is 8.72. The van der Waals surface area contributed by atoms with Gasteiger partial charge in [0.05, 0.1) is 45.9 Å². The average molecular weight is 353 g/mol. The lowest BCUT2D eigenvalue weighted by atomic mass is 10.3. The van der Waals surface area contributed by atoms with Crippen LogP contribution in [0.3, 0.4) is 0 Å². The Bertz CT molecular complexity index is 494. The van der Waals surface area contributed by atoms with Crippen LogP contribution in [0, 0.1) is 0 Å². The zero-order valence-electron chi connectivity index (χ0n) is 14.7. The lowest BCUT2D eigenvalue weighted by Gasteiger charge is -2.22. The van der Waals surface area contributed by atoms with Gasteiger partial charge in [0.2, 0.25) is 5.91 Å². The number of amides is 1. The first-order chi connectivity index (χ1) is 12.2. The van der Waals surface area contributed by atoms with Crippen LogP contribution in [0.5, 0.6) is 5.75 Å². The number of rotatable bonds is 13. The second-order valence-electron chi connectivity index (χ2n) is 5.18. The molecular weight excluding hydrogens is 326 g/mol. The summed E-state index contributed by atoms with van der Waals surface area (Å²) in [5.41, 5.74) is 0. The Morgan fingerprint density at radius 3 is 2.48 bits per heavy atom. The number of carbonyl (C=O) groups is 2. The lowest BCUT2D eigenvalue weighted by Crippen LogP contribution is -2.36. The topological polar surface area (TPSA) is 85.3 Å². The molecule has 0 fully saturated rings. The summed E-state index contributed by atoms with van der Waals surface area (Å²) < 4.78 is 15.6. The number of nitrogens with zero attached hydrogens (tertiary/aromatic N) is 1. The van der Waals surface area contributed by atoms with Crippen LogP contribution in [-0.2, 0) is 19.1 Å². The minimum Gasteiger partial charge on any atom is -0.493 e. The summed E-state index contributed by atoms with van der Waals surface area (Å²) in [5.74, 6) is 0.254. The van der Waals surface area contributed by atoms with Gasteiger partial charge in [0.25, 0.3) is 0 Å². The van der Waals surface area contributed by atoms with Gasteiger partial charge in [0, 0.05) is 13.1 Å². The largest absolute Gasteiger partial charge is 0.493 e. The molecule has 0 spiro atoms. The van der Waals surface area contributed by atoms with Crippen LogP contribution < -0.4 is 4.74 Å². The van der Waals surface area contributed by atoms with Crippen molar-refractivity contribution in [2.45, 2.75) is 19.8 Å². The number of esters is 1. The number of hydrogen-bond acceptors (Lipinski definition) is 6. The third kappa shape index (κ3) is 9.69. The standard InChI is InChI=1S/C18H27NO6/c1-2-24-18(22)8-10-19(11-14-23-15-12-20)17(21)9-13-25-16-6-4-3-5-7-16/h3-7,20H,2,8-15H2,1H3. The van der Waals surface area contributed by atoms with Crippen molar-refractivity contribution in [1.82, 2.24) is 4.90 Å². The SMILES string of the molecule is CCOC(=O)CCN(CCOCCO)C(=O)CCOc1ccccc1. The van der Waals surface area contributed by atoms with Crippen molar-refractivity contribution >= 4 is 11.9 Å². The first-order valence-corrected chi connectivity index (χ1v) is 8.47. The number of aliphatic hydroxyl groups is 1. The van der Waals surface area contributed by atoms with Crippen LogP contribution in [0.15, 0.2) is 30.3 Å². The Morgan fingerprint density at radius 2 is 1.80 bits per heavy atom. The molecule has 0 aliphatic rings. The maximum absolute atomic E-state index is 12.4. The third-order valence-electron chi connectivity index (χ3n) is 3.31. The molecule has 1 aromatic carbocycles. The van der Waals surface area contributed by atoms with E-state index >= 15 is 0 Å². The Kier molecular flexibility index (Phi) is 11.0. The van der Waals surface area contributed by atoms with Crippen LogP contribution in [-0.4, -0.2) is 68.0 Å². The molecule has 0 aliphatic heterocycles. The Labute approximate surface area is 148 Å². The number of hydrogen-bond donors (Lipinski definition) is 1. The van der Waals surface area contributed by atoms with E-state index in [4.69, 9.17) is 19.3 Å². The van der Waals surface area contributed by atoms with Gasteiger partial charge in [-0.25, -0.2) is 0 Å². The fourth-order valence-electron chi connectivity index (χ4n) is 2.09. The fraction of sp³-hybridized carbons (Fsp3) is 0.556. The van der Waals surface area contributed by atoms with Crippen molar-refractivity contribution in [2.75, 3.05) is 46.1 Å². The number of para-hydroxylation sites is 1. The molecule has 0 aromatic heterocycles. The van der Waals surface area contributed by atoms with Crippen molar-refractivity contribution in [1.29, 1.82) is 0 Å². The maximum atomic E-state index is 12.4. The highest BCUT2D eigenvalue weighted by Gasteiger charge is 2.15. The van der Waals surface area contributed by atoms with E-state index in [1.807, 2.05) is 30.3 Å². The van der Waals surface area contributed by atoms with Gasteiger partial charge in [-0.3, -0.25) is 9.59 Å². The molecule has 7 heteroatoms. The molecule has 0 heterocycles. The second-order valence-corrected chi connectivity index (χ2v) is 5.18. The van der Waals surface area contributed by atoms with Crippen molar-refractivity contribution in [2.24, 2.45) is 0 Å². The van der Waals surface area contributed by atoms with Gasteiger partial charge >= 0.3 is 5.97 Å². The fourth-order valence-corrected chi connectivity index (χ4v) is 2.09. The van der Waals surface area contributed by atoms with Gasteiger partial charge in [0.15, 0.2) is 0 Å². The molecular formula is C18H27NO6. The summed E-state index contributed by atoms with van der Waals surface area (Å²) in [7, 11) is 0. The summed E-state index contributed by atoms with van der Waals surface area (Å²) in [6.07, 6.45) is 0.344. The van der Waals surface area contributed by atoms with Gasteiger partial charge in [-0.15, -0.1) is 0 Å². The predicted octanol–water partition coefficient (Wildman–Crippen LogP) is 1.25. The molecule has 0 saturated carbocycles. The van der Waals surface area contributed by atoms with Crippen LogP contribution in [0.1, 0.15) is 19.8 Å². The highest BCUT2D eigenvalue weighted by Crippen LogP contribution is 2.09. The van der Waals surface area contributed by atoms with Crippen molar-refractivity contribution in [3.8, 4) is 5.75 Å². The predicted molar refractivity (Wildman–Crippen MR) is 92.3 cm³/mol. The molecule has 0 atom stereocenters. The molecule has 7 nitrogen and oxygen atoms in total. The summed E-state index contributed by atoms with van der Waals surface area (Å²) in [6, 6.07) is 9.27. The smallest absolute Gasteiger partial charge is 0.307 e. The highest BCUT2D eigenvalue weighted by atomic mass is 16.5. The van der Waals surface area contributed by atoms with Gasteiger partial charge in [-0.05, 0) is 19.1 Å². The van der Waals surface area contributed by atoms with Gasteiger partial charge < -0.3 is 24.2 Å². The first-order valence-electron chi connectivity index (χ1n) is 8.47. The normalized spacial score (nSPS) is 10.3. The number of carbonyl (C=O) groups excluding carboxylic acids is 2. The van der Waals surface area contributed by atoms with Gasteiger partial charge in [0.1, 0.15) is 5.75 Å². The second kappa shape index (κ2) is 13.2. The van der Waals surface area contributed by atoms with E-state index in [1.165, 1.54) is 0 Å². The maximum Gasteiger partial charge on any atom is 0.307 e. The molecule has 0 aliphatic carbocycles. The minimum absolute atomic E-state index is 0.0678. The van der Waals surface area contributed by atoms with Crippen LogP contribution in [0.2, 0.25) is 0 Å². The third-order valence-corrected chi connectivity index (χ3v) is 3.31. The summed E-state index contributed by atoms with van der Waals surface area (Å²) in [4.78, 5) is 25.4. The zero-order valence-corrected chi connectivity index (χ0v) is 14.7. The number of benzene rings is 1. The molecule has 1 aromatic rings. The van der Waals surface area contributed by atoms with Crippen molar-refractivity contribution in [3.63, 3.8) is 0 Å². The highest BCUT2D eigenvalue weighted by molar-refractivity contribution is 5.77. The number of ether oxygens (including phenoxy) is 3. The molecule has 0 radical (unpaired) electrons. The molecule has 0 unspecified atom stereocenters. The molecule has 1 rings (SSSR count). The zero-order chi connectivity index (χ0) is 18.3. The number of aliphatic hydroxyl groups excluding tert-OH is 1. The van der Waals surface area contributed by atoms with Gasteiger partial charge in [-0.1, -0.05) is 18.2 Å². The Hall–Kier alpha value is -2.12. The lowest BCUT2D eigenvalue weighted by molar-refractivity contribution is -0.144.